The van der Waals surface area contributed by atoms with Crippen LogP contribution in [0.25, 0.3) is 10.4 Å². The van der Waals surface area contributed by atoms with Gasteiger partial charge in [-0.1, -0.05) is 35.3 Å². The van der Waals surface area contributed by atoms with E-state index >= 15 is 0 Å². The molecule has 10 heteroatoms. The molecule has 6 nitrogen and oxygen atoms in total. The third kappa shape index (κ3) is 5.29. The van der Waals surface area contributed by atoms with Gasteiger partial charge in [0.05, 0.1) is 20.5 Å². The van der Waals surface area contributed by atoms with E-state index in [9.17, 15) is 14.7 Å². The lowest BCUT2D eigenvalue weighted by atomic mass is 10.1. The van der Waals surface area contributed by atoms with Crippen LogP contribution in [-0.2, 0) is 0 Å². The maximum Gasteiger partial charge on any atom is 0.280 e. The molecule has 2 amide bonds. The molecule has 1 aromatic heterocycles. The quantitative estimate of drug-likeness (QED) is 0.662. The van der Waals surface area contributed by atoms with Crippen LogP contribution in [0.1, 0.15) is 39.7 Å². The lowest BCUT2D eigenvalue weighted by molar-refractivity contribution is 0.0693. The van der Waals surface area contributed by atoms with Crippen LogP contribution in [-0.4, -0.2) is 63.5 Å². The van der Waals surface area contributed by atoms with Crippen LogP contribution < -0.4 is 5.32 Å². The van der Waals surface area contributed by atoms with E-state index in [-0.39, 0.29) is 23.2 Å². The molecule has 0 bridgehead atoms. The van der Waals surface area contributed by atoms with Crippen molar-refractivity contribution in [2.75, 3.05) is 31.1 Å². The number of carbonyl (C=O) groups is 2. The van der Waals surface area contributed by atoms with E-state index in [1.807, 2.05) is 13.0 Å². The molecule has 0 spiro atoms. The number of benzene rings is 1. The Labute approximate surface area is 194 Å². The first-order valence-corrected chi connectivity index (χ1v) is 12.1. The molecule has 1 saturated heterocycles. The van der Waals surface area contributed by atoms with E-state index in [1.54, 1.807) is 36.6 Å². The Morgan fingerprint density at radius 1 is 1.23 bits per heavy atom. The minimum absolute atomic E-state index is 0.0600. The average molecular weight is 488 g/mol. The topological polar surface area (TPSA) is 82.5 Å². The van der Waals surface area contributed by atoms with Crippen molar-refractivity contribution in [1.29, 1.82) is 0 Å². The first kappa shape index (κ1) is 23.3. The predicted octanol–water partition coefficient (Wildman–Crippen LogP) is 4.12. The summed E-state index contributed by atoms with van der Waals surface area (Å²) >= 11 is 15.7. The maximum atomic E-state index is 13.2. The second-order valence-corrected chi connectivity index (χ2v) is 10.6. The van der Waals surface area contributed by atoms with Crippen LogP contribution in [0, 0.1) is 6.92 Å². The summed E-state index contributed by atoms with van der Waals surface area (Å²) in [5, 5.41) is 13.4. The van der Waals surface area contributed by atoms with Gasteiger partial charge >= 0.3 is 0 Å². The largest absolute Gasteiger partial charge is 0.389 e. The third-order valence-electron chi connectivity index (χ3n) is 4.52. The van der Waals surface area contributed by atoms with Gasteiger partial charge in [-0.2, -0.15) is 11.8 Å². The van der Waals surface area contributed by atoms with Gasteiger partial charge in [-0.15, -0.1) is 11.3 Å². The molecular weight excluding hydrogens is 465 g/mol. The van der Waals surface area contributed by atoms with Crippen LogP contribution in [0.2, 0.25) is 10.0 Å². The first-order valence-electron chi connectivity index (χ1n) is 9.42. The van der Waals surface area contributed by atoms with E-state index in [0.717, 1.165) is 28.4 Å². The summed E-state index contributed by atoms with van der Waals surface area (Å²) in [5.41, 5.74) is 0.523. The number of thiazole rings is 1. The van der Waals surface area contributed by atoms with Gasteiger partial charge in [-0.3, -0.25) is 9.59 Å². The molecule has 0 radical (unpaired) electrons. The number of hydrogen-bond donors (Lipinski definition) is 2. The number of aryl methyl sites for hydroxylation is 1. The van der Waals surface area contributed by atoms with Gasteiger partial charge in [0.1, 0.15) is 5.69 Å². The van der Waals surface area contributed by atoms with Crippen molar-refractivity contribution in [3.8, 4) is 10.4 Å². The molecule has 0 aliphatic carbocycles. The van der Waals surface area contributed by atoms with Crippen molar-refractivity contribution in [3.05, 3.63) is 38.4 Å². The SMILES string of the molecule is Cc1ccc(-c2sc(C(=O)NCC(C)(C)O)nc2C(=O)N2CCSCC2)c(Cl)c1Cl. The van der Waals surface area contributed by atoms with Crippen molar-refractivity contribution >= 4 is 58.1 Å². The Bertz CT molecular complexity index is 967. The van der Waals surface area contributed by atoms with Gasteiger partial charge in [-0.05, 0) is 26.3 Å². The molecule has 2 aromatic rings. The number of rotatable bonds is 5. The molecule has 0 unspecified atom stereocenters. The Hall–Kier alpha value is -1.32. The highest BCUT2D eigenvalue weighted by Gasteiger charge is 2.29. The van der Waals surface area contributed by atoms with Gasteiger partial charge < -0.3 is 15.3 Å². The van der Waals surface area contributed by atoms with Crippen LogP contribution >= 0.6 is 46.3 Å². The molecule has 2 heterocycles. The van der Waals surface area contributed by atoms with Gasteiger partial charge in [0.25, 0.3) is 11.8 Å². The van der Waals surface area contributed by atoms with E-state index in [2.05, 4.69) is 10.3 Å². The van der Waals surface area contributed by atoms with E-state index in [4.69, 9.17) is 23.2 Å². The molecule has 30 heavy (non-hydrogen) atoms. The van der Waals surface area contributed by atoms with Gasteiger partial charge in [-0.25, -0.2) is 4.98 Å². The lowest BCUT2D eigenvalue weighted by Gasteiger charge is -2.26. The van der Waals surface area contributed by atoms with Crippen molar-refractivity contribution in [1.82, 2.24) is 15.2 Å². The number of nitrogens with zero attached hydrogens (tertiary/aromatic N) is 2. The van der Waals surface area contributed by atoms with Gasteiger partial charge in [0.2, 0.25) is 0 Å². The molecule has 2 N–H and O–H groups in total. The predicted molar refractivity (Wildman–Crippen MR) is 124 cm³/mol. The second-order valence-electron chi connectivity index (χ2n) is 7.65. The first-order chi connectivity index (χ1) is 14.1. The van der Waals surface area contributed by atoms with Gasteiger partial charge in [0.15, 0.2) is 5.01 Å². The van der Waals surface area contributed by atoms with Crippen molar-refractivity contribution in [2.24, 2.45) is 0 Å². The summed E-state index contributed by atoms with van der Waals surface area (Å²) in [7, 11) is 0. The summed E-state index contributed by atoms with van der Waals surface area (Å²) in [5.74, 6) is 1.05. The van der Waals surface area contributed by atoms with E-state index in [1.165, 1.54) is 0 Å². The molecule has 1 aliphatic rings. The zero-order valence-electron chi connectivity index (χ0n) is 16.9. The Morgan fingerprint density at radius 3 is 2.53 bits per heavy atom. The monoisotopic (exact) mass is 487 g/mol. The van der Waals surface area contributed by atoms with Crippen LogP contribution in [0.15, 0.2) is 12.1 Å². The summed E-state index contributed by atoms with van der Waals surface area (Å²) in [6.07, 6.45) is 0. The number of aromatic nitrogens is 1. The summed E-state index contributed by atoms with van der Waals surface area (Å²) in [4.78, 5) is 32.5. The molecule has 0 atom stereocenters. The maximum absolute atomic E-state index is 13.2. The van der Waals surface area contributed by atoms with Crippen LogP contribution in [0.5, 0.6) is 0 Å². The summed E-state index contributed by atoms with van der Waals surface area (Å²) in [6, 6.07) is 3.61. The highest BCUT2D eigenvalue weighted by Crippen LogP contribution is 2.40. The van der Waals surface area contributed by atoms with Crippen LogP contribution in [0.4, 0.5) is 0 Å². The lowest BCUT2D eigenvalue weighted by Crippen LogP contribution is -2.39. The fourth-order valence-corrected chi connectivity index (χ4v) is 5.29. The fraction of sp³-hybridized carbons (Fsp3) is 0.450. The summed E-state index contributed by atoms with van der Waals surface area (Å²) in [6.45, 7) is 6.35. The van der Waals surface area contributed by atoms with Crippen LogP contribution in [0.3, 0.4) is 0 Å². The number of carbonyl (C=O) groups excluding carboxylic acids is 2. The molecular formula is C20H23Cl2N3O3S2. The Morgan fingerprint density at radius 2 is 1.90 bits per heavy atom. The van der Waals surface area contributed by atoms with Gasteiger partial charge in [0, 0.05) is 36.7 Å². The van der Waals surface area contributed by atoms with E-state index in [0.29, 0.717) is 33.6 Å². The Kier molecular flexibility index (Phi) is 7.35. The molecule has 1 fully saturated rings. The molecule has 1 aliphatic heterocycles. The minimum Gasteiger partial charge on any atom is -0.389 e. The number of amides is 2. The smallest absolute Gasteiger partial charge is 0.280 e. The Balaban J connectivity index is 2.03. The molecule has 0 saturated carbocycles. The number of aliphatic hydroxyl groups is 1. The van der Waals surface area contributed by atoms with Crippen molar-refractivity contribution in [3.63, 3.8) is 0 Å². The average Bonchev–Trinajstić information content (AvgIpc) is 3.15. The fourth-order valence-electron chi connectivity index (χ4n) is 2.85. The molecule has 3 rings (SSSR count). The second kappa shape index (κ2) is 9.44. The zero-order chi connectivity index (χ0) is 22.1. The minimum atomic E-state index is -1.06. The van der Waals surface area contributed by atoms with Crippen molar-refractivity contribution in [2.45, 2.75) is 26.4 Å². The van der Waals surface area contributed by atoms with Crippen molar-refractivity contribution < 1.29 is 14.7 Å². The standard InChI is InChI=1S/C20H23Cl2N3O3S2/c1-11-4-5-12(14(22)13(11)21)16-15(19(27)25-6-8-29-9-7-25)24-18(30-16)17(26)23-10-20(2,3)28/h4-5,28H,6-10H2,1-3H3,(H,23,26). The van der Waals surface area contributed by atoms with E-state index < -0.39 is 11.5 Å². The highest BCUT2D eigenvalue weighted by molar-refractivity contribution is 7.99. The third-order valence-corrected chi connectivity index (χ3v) is 7.53. The number of hydrogen-bond acceptors (Lipinski definition) is 6. The zero-order valence-corrected chi connectivity index (χ0v) is 20.1. The molecule has 1 aromatic carbocycles. The number of halogens is 2. The molecule has 162 valence electrons. The summed E-state index contributed by atoms with van der Waals surface area (Å²) < 4.78 is 0. The highest BCUT2D eigenvalue weighted by atomic mass is 35.5. The number of nitrogens with one attached hydrogen (secondary N) is 1. The normalized spacial score (nSPS) is 14.7. The number of thioether (sulfide) groups is 1.